The number of carbonyl (C=O) groups is 2. The van der Waals surface area contributed by atoms with E-state index < -0.39 is 0 Å². The van der Waals surface area contributed by atoms with Gasteiger partial charge in [0.2, 0.25) is 5.91 Å². The minimum Gasteiger partial charge on any atom is -0.391 e. The van der Waals surface area contributed by atoms with Crippen molar-refractivity contribution in [2.75, 3.05) is 44.2 Å². The average Bonchev–Trinajstić information content (AvgIpc) is 2.91. The lowest BCUT2D eigenvalue weighted by Gasteiger charge is -2.26. The van der Waals surface area contributed by atoms with Crippen molar-refractivity contribution in [3.63, 3.8) is 0 Å². The van der Waals surface area contributed by atoms with Gasteiger partial charge in [-0.2, -0.15) is 11.8 Å². The summed E-state index contributed by atoms with van der Waals surface area (Å²) in [5.74, 6) is 2.08. The summed E-state index contributed by atoms with van der Waals surface area (Å²) >= 11 is 1.87. The van der Waals surface area contributed by atoms with E-state index in [1.807, 2.05) is 16.7 Å². The first kappa shape index (κ1) is 15.4. The average molecular weight is 301 g/mol. The molecule has 0 spiro atoms. The number of likely N-dealkylation sites (tertiary alicyclic amines) is 1. The van der Waals surface area contributed by atoms with Gasteiger partial charge in [-0.05, 0) is 12.8 Å². The summed E-state index contributed by atoms with van der Waals surface area (Å²) in [5.41, 5.74) is 0. The highest BCUT2D eigenvalue weighted by molar-refractivity contribution is 7.99. The van der Waals surface area contributed by atoms with E-state index in [-0.39, 0.29) is 18.0 Å². The summed E-state index contributed by atoms with van der Waals surface area (Å²) in [6, 6.07) is -0.0191. The van der Waals surface area contributed by atoms with Gasteiger partial charge in [0.25, 0.3) is 0 Å². The van der Waals surface area contributed by atoms with Gasteiger partial charge in [-0.1, -0.05) is 0 Å². The topological polar surface area (TPSA) is 72.9 Å². The lowest BCUT2D eigenvalue weighted by molar-refractivity contribution is -0.130. The maximum Gasteiger partial charge on any atom is 0.317 e. The molecule has 2 fully saturated rings. The standard InChI is InChI=1S/C13H23N3O3S/c17-11-3-5-16(10-11)12(18)2-1-4-14-13(19)15-6-8-20-9-7-15/h11,17H,1-10H2,(H,14,19). The molecule has 2 rings (SSSR count). The van der Waals surface area contributed by atoms with Crippen LogP contribution in [0.5, 0.6) is 0 Å². The molecule has 0 aromatic heterocycles. The highest BCUT2D eigenvalue weighted by atomic mass is 32.2. The van der Waals surface area contributed by atoms with E-state index in [0.717, 1.165) is 24.6 Å². The predicted octanol–water partition coefficient (Wildman–Crippen LogP) is 0.118. The lowest BCUT2D eigenvalue weighted by atomic mass is 10.3. The number of hydrogen-bond acceptors (Lipinski definition) is 4. The number of aliphatic hydroxyl groups is 1. The van der Waals surface area contributed by atoms with Crippen molar-refractivity contribution in [1.82, 2.24) is 15.1 Å². The molecule has 6 nitrogen and oxygen atoms in total. The summed E-state index contributed by atoms with van der Waals surface area (Å²) in [6.07, 6.45) is 1.40. The van der Waals surface area contributed by atoms with Crippen LogP contribution in [-0.2, 0) is 4.79 Å². The molecule has 0 saturated carbocycles. The van der Waals surface area contributed by atoms with Gasteiger partial charge in [0.05, 0.1) is 6.10 Å². The third kappa shape index (κ3) is 4.56. The van der Waals surface area contributed by atoms with Crippen LogP contribution in [0.1, 0.15) is 19.3 Å². The van der Waals surface area contributed by atoms with E-state index in [2.05, 4.69) is 5.32 Å². The Morgan fingerprint density at radius 2 is 1.95 bits per heavy atom. The molecule has 0 aromatic rings. The van der Waals surface area contributed by atoms with Crippen LogP contribution < -0.4 is 5.32 Å². The number of β-amino-alcohol motifs (C(OH)–C–C–N with tert-alkyl or cyclic N) is 1. The predicted molar refractivity (Wildman–Crippen MR) is 78.7 cm³/mol. The van der Waals surface area contributed by atoms with E-state index in [9.17, 15) is 14.7 Å². The van der Waals surface area contributed by atoms with Gasteiger partial charge in [-0.3, -0.25) is 4.79 Å². The first-order chi connectivity index (χ1) is 9.66. The quantitative estimate of drug-likeness (QED) is 0.723. The molecule has 1 unspecified atom stereocenters. The number of carbonyl (C=O) groups excluding carboxylic acids is 2. The maximum absolute atomic E-state index is 11.8. The third-order valence-electron chi connectivity index (χ3n) is 3.66. The van der Waals surface area contributed by atoms with Crippen LogP contribution in [0.4, 0.5) is 4.79 Å². The maximum atomic E-state index is 11.8. The van der Waals surface area contributed by atoms with Crippen LogP contribution >= 0.6 is 11.8 Å². The van der Waals surface area contributed by atoms with Crippen molar-refractivity contribution >= 4 is 23.7 Å². The van der Waals surface area contributed by atoms with Gasteiger partial charge in [0, 0.05) is 50.7 Å². The number of rotatable bonds is 4. The summed E-state index contributed by atoms with van der Waals surface area (Å²) < 4.78 is 0. The second-order valence-electron chi connectivity index (χ2n) is 5.22. The Morgan fingerprint density at radius 1 is 1.20 bits per heavy atom. The van der Waals surface area contributed by atoms with E-state index in [1.165, 1.54) is 0 Å². The molecule has 20 heavy (non-hydrogen) atoms. The molecule has 2 aliphatic heterocycles. The molecule has 0 radical (unpaired) electrons. The Bertz CT molecular complexity index is 329. The molecule has 0 aliphatic carbocycles. The van der Waals surface area contributed by atoms with E-state index in [4.69, 9.17) is 0 Å². The molecule has 2 heterocycles. The minimum absolute atomic E-state index is 0.0191. The summed E-state index contributed by atoms with van der Waals surface area (Å²) in [6.45, 7) is 3.25. The third-order valence-corrected chi connectivity index (χ3v) is 4.60. The van der Waals surface area contributed by atoms with Gasteiger partial charge in [-0.15, -0.1) is 0 Å². The lowest BCUT2D eigenvalue weighted by Crippen LogP contribution is -2.44. The van der Waals surface area contributed by atoms with E-state index in [0.29, 0.717) is 38.9 Å². The van der Waals surface area contributed by atoms with Gasteiger partial charge in [-0.25, -0.2) is 4.79 Å². The van der Waals surface area contributed by atoms with Crippen molar-refractivity contribution in [3.05, 3.63) is 0 Å². The normalized spacial score (nSPS) is 22.9. The Kier molecular flexibility index (Phi) is 5.97. The Labute approximate surface area is 123 Å². The van der Waals surface area contributed by atoms with Crippen LogP contribution in [0.15, 0.2) is 0 Å². The van der Waals surface area contributed by atoms with Crippen molar-refractivity contribution in [2.24, 2.45) is 0 Å². The fourth-order valence-electron chi connectivity index (χ4n) is 2.44. The van der Waals surface area contributed by atoms with Crippen molar-refractivity contribution in [1.29, 1.82) is 0 Å². The molecule has 2 saturated heterocycles. The minimum atomic E-state index is -0.365. The van der Waals surface area contributed by atoms with Crippen LogP contribution in [-0.4, -0.2) is 77.2 Å². The molecule has 1 atom stereocenters. The summed E-state index contributed by atoms with van der Waals surface area (Å²) in [5, 5.41) is 12.2. The molecule has 3 amide bonds. The molecule has 0 bridgehead atoms. The van der Waals surface area contributed by atoms with Gasteiger partial charge >= 0.3 is 6.03 Å². The van der Waals surface area contributed by atoms with Crippen molar-refractivity contribution in [3.8, 4) is 0 Å². The number of aliphatic hydroxyl groups excluding tert-OH is 1. The first-order valence-electron chi connectivity index (χ1n) is 7.23. The zero-order valence-electron chi connectivity index (χ0n) is 11.7. The number of nitrogens with one attached hydrogen (secondary N) is 1. The summed E-state index contributed by atoms with van der Waals surface area (Å²) in [4.78, 5) is 27.2. The number of urea groups is 1. The van der Waals surface area contributed by atoms with Crippen molar-refractivity contribution in [2.45, 2.75) is 25.4 Å². The van der Waals surface area contributed by atoms with Crippen LogP contribution in [0, 0.1) is 0 Å². The molecule has 114 valence electrons. The fourth-order valence-corrected chi connectivity index (χ4v) is 3.34. The Morgan fingerprint density at radius 3 is 2.60 bits per heavy atom. The molecular formula is C13H23N3O3S. The van der Waals surface area contributed by atoms with Gasteiger partial charge in [0.15, 0.2) is 0 Å². The number of nitrogens with zero attached hydrogens (tertiary/aromatic N) is 2. The largest absolute Gasteiger partial charge is 0.391 e. The number of hydrogen-bond donors (Lipinski definition) is 2. The second-order valence-corrected chi connectivity index (χ2v) is 6.44. The molecule has 0 aromatic carbocycles. The monoisotopic (exact) mass is 301 g/mol. The highest BCUT2D eigenvalue weighted by Crippen LogP contribution is 2.11. The molecule has 7 heteroatoms. The van der Waals surface area contributed by atoms with E-state index >= 15 is 0 Å². The SMILES string of the molecule is O=C(CCCNC(=O)N1CCSCC1)N1CCC(O)C1. The van der Waals surface area contributed by atoms with Crippen LogP contribution in [0.25, 0.3) is 0 Å². The molecule has 2 aliphatic rings. The number of amides is 3. The summed E-state index contributed by atoms with van der Waals surface area (Å²) in [7, 11) is 0. The van der Waals surface area contributed by atoms with Crippen molar-refractivity contribution < 1.29 is 14.7 Å². The second kappa shape index (κ2) is 7.73. The first-order valence-corrected chi connectivity index (χ1v) is 8.38. The van der Waals surface area contributed by atoms with E-state index in [1.54, 1.807) is 4.90 Å². The van der Waals surface area contributed by atoms with Gasteiger partial charge < -0.3 is 20.2 Å². The molecular weight excluding hydrogens is 278 g/mol. The zero-order valence-corrected chi connectivity index (χ0v) is 12.5. The molecule has 2 N–H and O–H groups in total. The smallest absolute Gasteiger partial charge is 0.317 e. The van der Waals surface area contributed by atoms with Crippen LogP contribution in [0.3, 0.4) is 0 Å². The Balaban J connectivity index is 1.56. The highest BCUT2D eigenvalue weighted by Gasteiger charge is 2.24. The number of thioether (sulfide) groups is 1. The zero-order chi connectivity index (χ0) is 14.4. The van der Waals surface area contributed by atoms with Gasteiger partial charge in [0.1, 0.15) is 0 Å². The van der Waals surface area contributed by atoms with Crippen LogP contribution in [0.2, 0.25) is 0 Å². The fraction of sp³-hybridized carbons (Fsp3) is 0.846. The Hall–Kier alpha value is -0.950.